The lowest BCUT2D eigenvalue weighted by atomic mass is 10.0. The maximum Gasteiger partial charge on any atom is 0.263 e. The zero-order valence-electron chi connectivity index (χ0n) is 16.3. The quantitative estimate of drug-likeness (QED) is 0.611. The predicted octanol–water partition coefficient (Wildman–Crippen LogP) is 4.54. The van der Waals surface area contributed by atoms with Gasteiger partial charge < -0.3 is 14.6 Å². The summed E-state index contributed by atoms with van der Waals surface area (Å²) >= 11 is 7.23. The minimum Gasteiger partial charge on any atom is -0.486 e. The van der Waals surface area contributed by atoms with E-state index >= 15 is 0 Å². The van der Waals surface area contributed by atoms with Gasteiger partial charge in [-0.1, -0.05) is 25.4 Å². The summed E-state index contributed by atoms with van der Waals surface area (Å²) in [5.74, 6) is 1.59. The van der Waals surface area contributed by atoms with Crippen molar-refractivity contribution in [1.82, 2.24) is 19.9 Å². The average molecular weight is 419 g/mol. The van der Waals surface area contributed by atoms with Gasteiger partial charge in [0.05, 0.1) is 11.7 Å². The fourth-order valence-corrected chi connectivity index (χ4v) is 3.82. The van der Waals surface area contributed by atoms with Crippen molar-refractivity contribution >= 4 is 28.8 Å². The van der Waals surface area contributed by atoms with E-state index in [0.29, 0.717) is 28.0 Å². The third-order valence-electron chi connectivity index (χ3n) is 4.31. The van der Waals surface area contributed by atoms with E-state index in [4.69, 9.17) is 16.3 Å². The molecule has 148 valence electrons. The summed E-state index contributed by atoms with van der Waals surface area (Å²) < 4.78 is 7.66. The number of carbonyl (C=O) groups excluding carboxylic acids is 1. The molecular weight excluding hydrogens is 396 g/mol. The van der Waals surface area contributed by atoms with E-state index < -0.39 is 0 Å². The van der Waals surface area contributed by atoms with Crippen molar-refractivity contribution < 1.29 is 9.53 Å². The van der Waals surface area contributed by atoms with Gasteiger partial charge in [0, 0.05) is 24.5 Å². The first-order valence-electron chi connectivity index (χ1n) is 8.98. The van der Waals surface area contributed by atoms with Crippen LogP contribution in [0.3, 0.4) is 0 Å². The molecule has 1 atom stereocenters. The van der Waals surface area contributed by atoms with Crippen molar-refractivity contribution in [3.63, 3.8) is 0 Å². The monoisotopic (exact) mass is 418 g/mol. The van der Waals surface area contributed by atoms with E-state index in [2.05, 4.69) is 29.1 Å². The number of hydrogen-bond donors (Lipinski definition) is 1. The Morgan fingerprint density at radius 1 is 1.32 bits per heavy atom. The van der Waals surface area contributed by atoms with Gasteiger partial charge >= 0.3 is 0 Å². The number of benzene rings is 1. The van der Waals surface area contributed by atoms with Gasteiger partial charge in [0.25, 0.3) is 5.91 Å². The summed E-state index contributed by atoms with van der Waals surface area (Å²) in [7, 11) is 1.92. The number of thiazole rings is 1. The van der Waals surface area contributed by atoms with Crippen LogP contribution in [0.1, 0.15) is 46.1 Å². The first-order chi connectivity index (χ1) is 13.3. The normalized spacial score (nSPS) is 12.2. The Labute approximate surface area is 173 Å². The van der Waals surface area contributed by atoms with Crippen LogP contribution in [0.15, 0.2) is 36.7 Å². The van der Waals surface area contributed by atoms with Crippen molar-refractivity contribution in [3.8, 4) is 5.75 Å². The number of amides is 1. The molecule has 0 aliphatic heterocycles. The Balaban J connectivity index is 1.70. The summed E-state index contributed by atoms with van der Waals surface area (Å²) in [6.45, 7) is 6.25. The number of ether oxygens (including phenoxy) is 1. The van der Waals surface area contributed by atoms with Crippen LogP contribution in [-0.2, 0) is 13.7 Å². The molecule has 3 rings (SSSR count). The first-order valence-corrected chi connectivity index (χ1v) is 10.2. The van der Waals surface area contributed by atoms with Crippen LogP contribution in [-0.4, -0.2) is 20.4 Å². The summed E-state index contributed by atoms with van der Waals surface area (Å²) in [6, 6.07) is 6.97. The van der Waals surface area contributed by atoms with E-state index in [-0.39, 0.29) is 17.9 Å². The molecule has 3 aromatic rings. The van der Waals surface area contributed by atoms with Crippen molar-refractivity contribution in [2.24, 2.45) is 13.0 Å². The third-order valence-corrected chi connectivity index (χ3v) is 5.69. The van der Waals surface area contributed by atoms with E-state index in [1.165, 1.54) is 11.3 Å². The molecule has 0 radical (unpaired) electrons. The second-order valence-corrected chi connectivity index (χ2v) is 8.38. The summed E-state index contributed by atoms with van der Waals surface area (Å²) in [6.07, 6.45) is 3.61. The lowest BCUT2D eigenvalue weighted by Gasteiger charge is -2.21. The molecule has 1 amide bonds. The molecule has 0 saturated heterocycles. The molecule has 28 heavy (non-hydrogen) atoms. The molecule has 1 unspecified atom stereocenters. The van der Waals surface area contributed by atoms with Gasteiger partial charge in [-0.05, 0) is 37.1 Å². The summed E-state index contributed by atoms with van der Waals surface area (Å²) in [5.41, 5.74) is 0.694. The van der Waals surface area contributed by atoms with Gasteiger partial charge in [0.15, 0.2) is 0 Å². The zero-order chi connectivity index (χ0) is 20.3. The zero-order valence-corrected chi connectivity index (χ0v) is 17.8. The van der Waals surface area contributed by atoms with E-state index in [1.54, 1.807) is 30.5 Å². The number of aryl methyl sites for hydroxylation is 2. The Morgan fingerprint density at radius 3 is 2.64 bits per heavy atom. The van der Waals surface area contributed by atoms with Gasteiger partial charge in [-0.3, -0.25) is 4.79 Å². The number of hydrogen-bond acceptors (Lipinski definition) is 5. The maximum absolute atomic E-state index is 12.9. The number of carbonyl (C=O) groups is 1. The number of imidazole rings is 1. The SMILES string of the molecule is Cc1nc(COc2ccc(Cl)cc2)sc1C(=O)NC(c1nccn1C)C(C)C. The van der Waals surface area contributed by atoms with Gasteiger partial charge in [-0.2, -0.15) is 0 Å². The molecule has 2 aromatic heterocycles. The van der Waals surface area contributed by atoms with E-state index in [1.807, 2.05) is 24.7 Å². The highest BCUT2D eigenvalue weighted by Crippen LogP contribution is 2.24. The number of aromatic nitrogens is 3. The topological polar surface area (TPSA) is 69.0 Å². The fraction of sp³-hybridized carbons (Fsp3) is 0.350. The van der Waals surface area contributed by atoms with E-state index in [0.717, 1.165) is 10.8 Å². The van der Waals surface area contributed by atoms with Gasteiger partial charge in [-0.25, -0.2) is 9.97 Å². The van der Waals surface area contributed by atoms with Crippen LogP contribution >= 0.6 is 22.9 Å². The number of nitrogens with zero attached hydrogens (tertiary/aromatic N) is 3. The highest BCUT2D eigenvalue weighted by Gasteiger charge is 2.25. The van der Waals surface area contributed by atoms with Crippen LogP contribution < -0.4 is 10.1 Å². The third kappa shape index (κ3) is 4.72. The molecule has 6 nitrogen and oxygen atoms in total. The second kappa shape index (κ2) is 8.75. The van der Waals surface area contributed by atoms with Crippen LogP contribution in [0, 0.1) is 12.8 Å². The minimum absolute atomic E-state index is 0.144. The molecule has 0 spiro atoms. The highest BCUT2D eigenvalue weighted by atomic mass is 35.5. The largest absolute Gasteiger partial charge is 0.486 e. The molecule has 0 saturated carbocycles. The Bertz CT molecular complexity index is 950. The number of nitrogens with one attached hydrogen (secondary N) is 1. The minimum atomic E-state index is -0.178. The Kier molecular flexibility index (Phi) is 6.36. The molecule has 1 N–H and O–H groups in total. The van der Waals surface area contributed by atoms with Crippen molar-refractivity contribution in [3.05, 3.63) is 63.1 Å². The van der Waals surface area contributed by atoms with Crippen molar-refractivity contribution in [1.29, 1.82) is 0 Å². The van der Waals surface area contributed by atoms with Crippen LogP contribution in [0.2, 0.25) is 5.02 Å². The molecule has 8 heteroatoms. The molecule has 0 bridgehead atoms. The molecule has 1 aromatic carbocycles. The Morgan fingerprint density at radius 2 is 2.04 bits per heavy atom. The Hall–Kier alpha value is -2.38. The highest BCUT2D eigenvalue weighted by molar-refractivity contribution is 7.13. The van der Waals surface area contributed by atoms with Crippen LogP contribution in [0.5, 0.6) is 5.75 Å². The fourth-order valence-electron chi connectivity index (χ4n) is 2.81. The molecule has 0 fully saturated rings. The van der Waals surface area contributed by atoms with Gasteiger partial charge in [-0.15, -0.1) is 11.3 Å². The number of halogens is 1. The smallest absolute Gasteiger partial charge is 0.263 e. The average Bonchev–Trinajstić information content (AvgIpc) is 3.24. The molecule has 2 heterocycles. The van der Waals surface area contributed by atoms with Crippen molar-refractivity contribution in [2.45, 2.75) is 33.4 Å². The van der Waals surface area contributed by atoms with Crippen LogP contribution in [0.4, 0.5) is 0 Å². The number of rotatable bonds is 7. The van der Waals surface area contributed by atoms with Gasteiger partial charge in [0.1, 0.15) is 28.1 Å². The molecule has 0 aliphatic rings. The lowest BCUT2D eigenvalue weighted by molar-refractivity contribution is 0.0925. The standard InChI is InChI=1S/C20H23ClN4O2S/c1-12(2)17(19-22-9-10-25(19)4)24-20(26)18-13(3)23-16(28-18)11-27-15-7-5-14(21)6-8-15/h5-10,12,17H,11H2,1-4H3,(H,24,26). The second-order valence-electron chi connectivity index (χ2n) is 6.86. The molecule has 0 aliphatic carbocycles. The van der Waals surface area contributed by atoms with Gasteiger partial charge in [0.2, 0.25) is 0 Å². The maximum atomic E-state index is 12.9. The summed E-state index contributed by atoms with van der Waals surface area (Å²) in [4.78, 5) is 22.3. The first kappa shape index (κ1) is 20.4. The van der Waals surface area contributed by atoms with E-state index in [9.17, 15) is 4.79 Å². The van der Waals surface area contributed by atoms with Crippen LogP contribution in [0.25, 0.3) is 0 Å². The summed E-state index contributed by atoms with van der Waals surface area (Å²) in [5, 5.41) is 4.51. The van der Waals surface area contributed by atoms with Crippen molar-refractivity contribution in [2.75, 3.05) is 0 Å². The predicted molar refractivity (Wildman–Crippen MR) is 111 cm³/mol. The lowest BCUT2D eigenvalue weighted by Crippen LogP contribution is -2.33. The molecular formula is C20H23ClN4O2S.